The lowest BCUT2D eigenvalue weighted by molar-refractivity contribution is -0.274. The first kappa shape index (κ1) is 19.6. The van der Waals surface area contributed by atoms with E-state index in [4.69, 9.17) is 5.73 Å². The first-order valence-electron chi connectivity index (χ1n) is 7.30. The Morgan fingerprint density at radius 2 is 1.88 bits per heavy atom. The number of benzene rings is 1. The minimum absolute atomic E-state index is 0.160. The summed E-state index contributed by atoms with van der Waals surface area (Å²) in [6.45, 7) is 0.481. The lowest BCUT2D eigenvalue weighted by atomic mass is 10.2. The molecule has 0 saturated heterocycles. The minimum Gasteiger partial charge on any atom is -0.469 e. The molecule has 1 aromatic rings. The largest absolute Gasteiger partial charge is 0.573 e. The molecule has 0 aromatic heterocycles. The van der Waals surface area contributed by atoms with Crippen molar-refractivity contribution in [2.24, 2.45) is 10.7 Å². The van der Waals surface area contributed by atoms with E-state index >= 15 is 0 Å². The molecule has 0 spiro atoms. The second kappa shape index (κ2) is 9.64. The standard InChI is InChI=1S/C15H20F3N3O3/c1-23-13(22)5-3-2-4-10-20-14(19)21-11-6-8-12(9-7-11)24-15(16,17)18/h6-9H,2-5,10H2,1H3,(H3,19,20,21). The van der Waals surface area contributed by atoms with Crippen LogP contribution in [0.1, 0.15) is 25.7 Å². The normalized spacial score (nSPS) is 11.9. The molecule has 1 rings (SSSR count). The topological polar surface area (TPSA) is 85.9 Å². The number of nitrogens with zero attached hydrogens (tertiary/aromatic N) is 1. The maximum absolute atomic E-state index is 12.0. The summed E-state index contributed by atoms with van der Waals surface area (Å²) in [7, 11) is 1.35. The van der Waals surface area contributed by atoms with Crippen molar-refractivity contribution in [1.29, 1.82) is 0 Å². The van der Waals surface area contributed by atoms with Crippen LogP contribution in [0.2, 0.25) is 0 Å². The molecule has 0 aliphatic heterocycles. The van der Waals surface area contributed by atoms with Crippen molar-refractivity contribution in [3.63, 3.8) is 0 Å². The third-order valence-electron chi connectivity index (χ3n) is 2.91. The maximum Gasteiger partial charge on any atom is 0.573 e. The van der Waals surface area contributed by atoms with E-state index in [2.05, 4.69) is 19.8 Å². The number of aliphatic imine (C=N–C) groups is 1. The summed E-state index contributed by atoms with van der Waals surface area (Å²) in [6.07, 6.45) is -2.05. The highest BCUT2D eigenvalue weighted by molar-refractivity contribution is 5.92. The Bertz CT molecular complexity index is 545. The van der Waals surface area contributed by atoms with Gasteiger partial charge >= 0.3 is 12.3 Å². The smallest absolute Gasteiger partial charge is 0.469 e. The highest BCUT2D eigenvalue weighted by Gasteiger charge is 2.30. The zero-order valence-electron chi connectivity index (χ0n) is 13.2. The number of carbonyl (C=O) groups is 1. The molecule has 6 nitrogen and oxygen atoms in total. The minimum atomic E-state index is -4.72. The fourth-order valence-corrected chi connectivity index (χ4v) is 1.79. The van der Waals surface area contributed by atoms with Crippen LogP contribution in [0.3, 0.4) is 0 Å². The van der Waals surface area contributed by atoms with Crippen LogP contribution in [-0.4, -0.2) is 31.9 Å². The van der Waals surface area contributed by atoms with Gasteiger partial charge in [-0.2, -0.15) is 0 Å². The molecule has 134 valence electrons. The molecule has 1 aromatic carbocycles. The number of unbranched alkanes of at least 4 members (excludes halogenated alkanes) is 2. The van der Waals surface area contributed by atoms with Gasteiger partial charge in [0, 0.05) is 18.7 Å². The Labute approximate surface area is 137 Å². The fraction of sp³-hybridized carbons (Fsp3) is 0.467. The molecule has 0 saturated carbocycles. The second-order valence-electron chi connectivity index (χ2n) is 4.85. The van der Waals surface area contributed by atoms with Crippen molar-refractivity contribution in [2.45, 2.75) is 32.0 Å². The summed E-state index contributed by atoms with van der Waals surface area (Å²) in [5.74, 6) is -0.390. The molecule has 0 heterocycles. The van der Waals surface area contributed by atoms with Gasteiger partial charge in [-0.25, -0.2) is 0 Å². The summed E-state index contributed by atoms with van der Waals surface area (Å²) in [5.41, 5.74) is 6.18. The first-order chi connectivity index (χ1) is 11.3. The van der Waals surface area contributed by atoms with E-state index in [9.17, 15) is 18.0 Å². The molecule has 0 atom stereocenters. The van der Waals surface area contributed by atoms with Crippen molar-refractivity contribution < 1.29 is 27.4 Å². The number of nitrogens with two attached hydrogens (primary N) is 1. The molecule has 0 bridgehead atoms. The summed E-state index contributed by atoms with van der Waals surface area (Å²) >= 11 is 0. The summed E-state index contributed by atoms with van der Waals surface area (Å²) < 4.78 is 44.4. The fourth-order valence-electron chi connectivity index (χ4n) is 1.79. The van der Waals surface area contributed by atoms with Gasteiger partial charge in [-0.1, -0.05) is 6.42 Å². The van der Waals surface area contributed by atoms with Crippen molar-refractivity contribution in [3.05, 3.63) is 24.3 Å². The molecular formula is C15H20F3N3O3. The molecule has 0 radical (unpaired) electrons. The number of carbonyl (C=O) groups excluding carboxylic acids is 1. The predicted octanol–water partition coefficient (Wildman–Crippen LogP) is 3.05. The monoisotopic (exact) mass is 347 g/mol. The van der Waals surface area contributed by atoms with Crippen LogP contribution in [0.5, 0.6) is 5.75 Å². The highest BCUT2D eigenvalue weighted by atomic mass is 19.4. The third-order valence-corrected chi connectivity index (χ3v) is 2.91. The predicted molar refractivity (Wildman–Crippen MR) is 83.7 cm³/mol. The Morgan fingerprint density at radius 1 is 1.21 bits per heavy atom. The van der Waals surface area contributed by atoms with Gasteiger partial charge in [0.2, 0.25) is 0 Å². The average molecular weight is 347 g/mol. The zero-order chi connectivity index (χ0) is 18.0. The van der Waals surface area contributed by atoms with E-state index in [1.165, 1.54) is 31.4 Å². The number of alkyl halides is 3. The second-order valence-corrected chi connectivity index (χ2v) is 4.85. The number of hydrogen-bond acceptors (Lipinski definition) is 4. The number of rotatable bonds is 8. The van der Waals surface area contributed by atoms with Gasteiger partial charge < -0.3 is 20.5 Å². The van der Waals surface area contributed by atoms with Gasteiger partial charge in [0.15, 0.2) is 5.96 Å². The van der Waals surface area contributed by atoms with Crippen molar-refractivity contribution in [2.75, 3.05) is 19.0 Å². The Hall–Kier alpha value is -2.45. The van der Waals surface area contributed by atoms with Crippen LogP contribution < -0.4 is 15.8 Å². The van der Waals surface area contributed by atoms with Gasteiger partial charge in [-0.05, 0) is 37.1 Å². The van der Waals surface area contributed by atoms with Crippen LogP contribution in [0.25, 0.3) is 0 Å². The highest BCUT2D eigenvalue weighted by Crippen LogP contribution is 2.23. The number of hydrogen-bond donors (Lipinski definition) is 2. The van der Waals surface area contributed by atoms with E-state index < -0.39 is 6.36 Å². The Kier molecular flexibility index (Phi) is 7.87. The molecule has 0 fully saturated rings. The number of esters is 1. The lowest BCUT2D eigenvalue weighted by Gasteiger charge is -2.10. The first-order valence-corrected chi connectivity index (χ1v) is 7.30. The number of halogens is 3. The molecule has 3 N–H and O–H groups in total. The van der Waals surface area contributed by atoms with Crippen molar-refractivity contribution >= 4 is 17.6 Å². The van der Waals surface area contributed by atoms with E-state index in [-0.39, 0.29) is 17.7 Å². The molecule has 24 heavy (non-hydrogen) atoms. The average Bonchev–Trinajstić information content (AvgIpc) is 2.51. The molecule has 0 amide bonds. The van der Waals surface area contributed by atoms with Gasteiger partial charge in [0.25, 0.3) is 0 Å². The van der Waals surface area contributed by atoms with Crippen molar-refractivity contribution in [3.8, 4) is 5.75 Å². The third kappa shape index (κ3) is 8.86. The molecular weight excluding hydrogens is 327 g/mol. The van der Waals surface area contributed by atoms with Crippen LogP contribution >= 0.6 is 0 Å². The van der Waals surface area contributed by atoms with E-state index in [0.29, 0.717) is 18.7 Å². The van der Waals surface area contributed by atoms with E-state index in [0.717, 1.165) is 19.3 Å². The number of guanidine groups is 1. The number of anilines is 1. The molecule has 0 aliphatic rings. The Balaban J connectivity index is 2.31. The van der Waals surface area contributed by atoms with E-state index in [1.54, 1.807) is 0 Å². The Morgan fingerprint density at radius 3 is 2.46 bits per heavy atom. The summed E-state index contributed by atoms with van der Waals surface area (Å²) in [5, 5.41) is 2.77. The quantitative estimate of drug-likeness (QED) is 0.327. The van der Waals surface area contributed by atoms with Crippen LogP contribution in [0.4, 0.5) is 18.9 Å². The molecule has 0 unspecified atom stereocenters. The van der Waals surface area contributed by atoms with Crippen LogP contribution in [0, 0.1) is 0 Å². The number of ether oxygens (including phenoxy) is 2. The van der Waals surface area contributed by atoms with Gasteiger partial charge in [-0.15, -0.1) is 13.2 Å². The molecule has 9 heteroatoms. The SMILES string of the molecule is COC(=O)CCCCCN=C(N)Nc1ccc(OC(F)(F)F)cc1. The van der Waals surface area contributed by atoms with Crippen molar-refractivity contribution in [1.82, 2.24) is 0 Å². The van der Waals surface area contributed by atoms with Gasteiger partial charge in [0.1, 0.15) is 5.75 Å². The number of methoxy groups -OCH3 is 1. The summed E-state index contributed by atoms with van der Waals surface area (Å²) in [6, 6.07) is 5.16. The molecule has 0 aliphatic carbocycles. The number of nitrogens with one attached hydrogen (secondary N) is 1. The zero-order valence-corrected chi connectivity index (χ0v) is 13.2. The summed E-state index contributed by atoms with van der Waals surface area (Å²) in [4.78, 5) is 15.0. The van der Waals surface area contributed by atoms with Crippen LogP contribution in [-0.2, 0) is 9.53 Å². The van der Waals surface area contributed by atoms with Crippen LogP contribution in [0.15, 0.2) is 29.3 Å². The lowest BCUT2D eigenvalue weighted by Crippen LogP contribution is -2.23. The van der Waals surface area contributed by atoms with E-state index in [1.807, 2.05) is 0 Å². The van der Waals surface area contributed by atoms with Gasteiger partial charge in [0.05, 0.1) is 7.11 Å². The maximum atomic E-state index is 12.0. The van der Waals surface area contributed by atoms with Gasteiger partial charge in [-0.3, -0.25) is 9.79 Å².